The minimum atomic E-state index is -0.748. The van der Waals surface area contributed by atoms with Crippen LogP contribution in [0.1, 0.15) is 58.3 Å². The Bertz CT molecular complexity index is 495. The van der Waals surface area contributed by atoms with E-state index >= 15 is 0 Å². The van der Waals surface area contributed by atoms with Crippen LogP contribution < -0.4 is 0 Å². The standard InChI is InChI=1S/C20H28O3/c1-2-3-4-5-6-10-13-18-17(15-16-19(18)21)12-9-7-8-11-14-20(22)23/h3-4,7,9,13,15-17H,2,5-6,8,10-12,14H2,1H3,(H,22,23)/b4-3-,9-7-,18-13+. The first-order valence-corrected chi connectivity index (χ1v) is 8.59. The van der Waals surface area contributed by atoms with Crippen molar-refractivity contribution >= 4 is 11.8 Å². The maximum atomic E-state index is 11.9. The Balaban J connectivity index is 2.34. The first-order valence-electron chi connectivity index (χ1n) is 8.59. The van der Waals surface area contributed by atoms with Crippen LogP contribution in [0.4, 0.5) is 0 Å². The average molecular weight is 316 g/mol. The van der Waals surface area contributed by atoms with E-state index in [1.165, 1.54) is 0 Å². The van der Waals surface area contributed by atoms with Crippen molar-refractivity contribution < 1.29 is 14.7 Å². The zero-order chi connectivity index (χ0) is 16.9. The second kappa shape index (κ2) is 11.6. The number of ketones is 1. The lowest BCUT2D eigenvalue weighted by molar-refractivity contribution is -0.137. The van der Waals surface area contributed by atoms with E-state index in [-0.39, 0.29) is 18.1 Å². The van der Waals surface area contributed by atoms with Crippen molar-refractivity contribution in [3.63, 3.8) is 0 Å². The molecule has 3 heteroatoms. The molecule has 1 rings (SSSR count). The molecule has 0 radical (unpaired) electrons. The Labute approximate surface area is 139 Å². The van der Waals surface area contributed by atoms with E-state index < -0.39 is 5.97 Å². The van der Waals surface area contributed by atoms with E-state index in [1.54, 1.807) is 6.08 Å². The summed E-state index contributed by atoms with van der Waals surface area (Å²) in [5.74, 6) is -0.426. The van der Waals surface area contributed by atoms with Gasteiger partial charge in [0.15, 0.2) is 5.78 Å². The summed E-state index contributed by atoms with van der Waals surface area (Å²) >= 11 is 0. The van der Waals surface area contributed by atoms with Gasteiger partial charge in [0.1, 0.15) is 0 Å². The zero-order valence-corrected chi connectivity index (χ0v) is 14.0. The number of carbonyl (C=O) groups is 2. The van der Waals surface area contributed by atoms with Gasteiger partial charge >= 0.3 is 5.97 Å². The van der Waals surface area contributed by atoms with Gasteiger partial charge in [-0.05, 0) is 51.0 Å². The fourth-order valence-electron chi connectivity index (χ4n) is 2.55. The molecule has 1 unspecified atom stereocenters. The van der Waals surface area contributed by atoms with Gasteiger partial charge < -0.3 is 5.11 Å². The number of carboxylic acids is 1. The van der Waals surface area contributed by atoms with Crippen LogP contribution in [0, 0.1) is 5.92 Å². The lowest BCUT2D eigenvalue weighted by Gasteiger charge is -2.07. The summed E-state index contributed by atoms with van der Waals surface area (Å²) in [5, 5.41) is 8.57. The zero-order valence-electron chi connectivity index (χ0n) is 14.0. The normalized spacial score (nSPS) is 19.6. The van der Waals surface area contributed by atoms with E-state index in [2.05, 4.69) is 31.2 Å². The Morgan fingerprint density at radius 2 is 1.87 bits per heavy atom. The quantitative estimate of drug-likeness (QED) is 0.331. The van der Waals surface area contributed by atoms with Gasteiger partial charge in [-0.15, -0.1) is 0 Å². The molecule has 126 valence electrons. The van der Waals surface area contributed by atoms with Gasteiger partial charge in [-0.2, -0.15) is 0 Å². The van der Waals surface area contributed by atoms with Gasteiger partial charge in [0.05, 0.1) is 0 Å². The number of hydrogen-bond acceptors (Lipinski definition) is 2. The maximum Gasteiger partial charge on any atom is 0.303 e. The van der Waals surface area contributed by atoms with Crippen LogP contribution in [0.15, 0.2) is 48.1 Å². The molecule has 0 heterocycles. The molecule has 0 saturated carbocycles. The number of allylic oxidation sites excluding steroid dienone is 8. The maximum absolute atomic E-state index is 11.9. The van der Waals surface area contributed by atoms with Gasteiger partial charge in [-0.3, -0.25) is 9.59 Å². The Morgan fingerprint density at radius 3 is 2.61 bits per heavy atom. The molecule has 1 atom stereocenters. The first kappa shape index (κ1) is 19.1. The van der Waals surface area contributed by atoms with Crippen molar-refractivity contribution in [2.75, 3.05) is 0 Å². The smallest absolute Gasteiger partial charge is 0.303 e. The lowest BCUT2D eigenvalue weighted by atomic mass is 9.96. The van der Waals surface area contributed by atoms with Gasteiger partial charge in [0.25, 0.3) is 0 Å². The fourth-order valence-corrected chi connectivity index (χ4v) is 2.55. The van der Waals surface area contributed by atoms with Crippen LogP contribution in [0.5, 0.6) is 0 Å². The second-order valence-corrected chi connectivity index (χ2v) is 5.79. The summed E-state index contributed by atoms with van der Waals surface area (Å²) in [4.78, 5) is 22.3. The van der Waals surface area contributed by atoms with Crippen LogP contribution in [0.25, 0.3) is 0 Å². The number of rotatable bonds is 11. The summed E-state index contributed by atoms with van der Waals surface area (Å²) in [6.45, 7) is 2.13. The molecule has 0 amide bonds. The molecule has 1 aliphatic carbocycles. The highest BCUT2D eigenvalue weighted by molar-refractivity contribution is 6.07. The van der Waals surface area contributed by atoms with Crippen molar-refractivity contribution in [1.82, 2.24) is 0 Å². The highest BCUT2D eigenvalue weighted by atomic mass is 16.4. The molecule has 0 aliphatic heterocycles. The van der Waals surface area contributed by atoms with Crippen molar-refractivity contribution in [2.45, 2.75) is 58.3 Å². The minimum absolute atomic E-state index is 0.137. The van der Waals surface area contributed by atoms with E-state index in [9.17, 15) is 9.59 Å². The highest BCUT2D eigenvalue weighted by Gasteiger charge is 2.21. The van der Waals surface area contributed by atoms with Gasteiger partial charge in [-0.1, -0.05) is 43.4 Å². The van der Waals surface area contributed by atoms with Crippen LogP contribution >= 0.6 is 0 Å². The summed E-state index contributed by atoms with van der Waals surface area (Å²) in [6.07, 6.45) is 20.8. The highest BCUT2D eigenvalue weighted by Crippen LogP contribution is 2.26. The SMILES string of the molecule is CC/C=C\CCC/C=C1/C(=O)C=CC1C/C=C\CCCC(=O)O. The van der Waals surface area contributed by atoms with Crippen LogP contribution in [-0.2, 0) is 9.59 Å². The van der Waals surface area contributed by atoms with Gasteiger partial charge in [0.2, 0.25) is 0 Å². The molecule has 0 saturated heterocycles. The summed E-state index contributed by atoms with van der Waals surface area (Å²) < 4.78 is 0. The Kier molecular flexibility index (Phi) is 9.69. The molecular weight excluding hydrogens is 288 g/mol. The molecule has 0 aromatic carbocycles. The Hall–Kier alpha value is -1.90. The van der Waals surface area contributed by atoms with Crippen molar-refractivity contribution in [3.05, 3.63) is 48.1 Å². The van der Waals surface area contributed by atoms with Crippen molar-refractivity contribution in [1.29, 1.82) is 0 Å². The van der Waals surface area contributed by atoms with Crippen molar-refractivity contribution in [3.8, 4) is 0 Å². The molecule has 1 N–H and O–H groups in total. The molecule has 3 nitrogen and oxygen atoms in total. The van der Waals surface area contributed by atoms with Crippen molar-refractivity contribution in [2.24, 2.45) is 5.92 Å². The van der Waals surface area contributed by atoms with Crippen LogP contribution in [0.3, 0.4) is 0 Å². The third-order valence-corrected chi connectivity index (χ3v) is 3.82. The minimum Gasteiger partial charge on any atom is -0.481 e. The number of carbonyl (C=O) groups excluding carboxylic acids is 1. The number of hydrogen-bond donors (Lipinski definition) is 1. The Morgan fingerprint density at radius 1 is 1.13 bits per heavy atom. The molecule has 0 spiro atoms. The molecule has 0 aromatic heterocycles. The van der Waals surface area contributed by atoms with Crippen LogP contribution in [-0.4, -0.2) is 16.9 Å². The molecule has 0 aromatic rings. The second-order valence-electron chi connectivity index (χ2n) is 5.79. The van der Waals surface area contributed by atoms with E-state index in [0.29, 0.717) is 6.42 Å². The molecular formula is C20H28O3. The van der Waals surface area contributed by atoms with Crippen LogP contribution in [0.2, 0.25) is 0 Å². The van der Waals surface area contributed by atoms with E-state index in [4.69, 9.17) is 5.11 Å². The average Bonchev–Trinajstić information content (AvgIpc) is 2.86. The third kappa shape index (κ3) is 8.34. The van der Waals surface area contributed by atoms with E-state index in [1.807, 2.05) is 12.2 Å². The summed E-state index contributed by atoms with van der Waals surface area (Å²) in [5.41, 5.74) is 0.916. The number of aliphatic carboxylic acids is 1. The molecule has 23 heavy (non-hydrogen) atoms. The van der Waals surface area contributed by atoms with Gasteiger partial charge in [-0.25, -0.2) is 0 Å². The summed E-state index contributed by atoms with van der Waals surface area (Å²) in [7, 11) is 0. The number of unbranched alkanes of at least 4 members (excludes halogenated alkanes) is 3. The predicted molar refractivity (Wildman–Crippen MR) is 94.2 cm³/mol. The first-order chi connectivity index (χ1) is 11.1. The predicted octanol–water partition coefficient (Wildman–Crippen LogP) is 5.01. The molecule has 0 bridgehead atoms. The number of carboxylic acid groups (broad SMARTS) is 1. The lowest BCUT2D eigenvalue weighted by Crippen LogP contribution is -2.02. The molecule has 1 aliphatic rings. The fraction of sp³-hybridized carbons (Fsp3) is 0.500. The van der Waals surface area contributed by atoms with Gasteiger partial charge in [0, 0.05) is 17.9 Å². The summed E-state index contributed by atoms with van der Waals surface area (Å²) in [6, 6.07) is 0. The topological polar surface area (TPSA) is 54.4 Å². The monoisotopic (exact) mass is 316 g/mol. The largest absolute Gasteiger partial charge is 0.481 e. The third-order valence-electron chi connectivity index (χ3n) is 3.82. The van der Waals surface area contributed by atoms with E-state index in [0.717, 1.165) is 44.1 Å². The molecule has 0 fully saturated rings.